The molecule has 2 heterocycles. The van der Waals surface area contributed by atoms with Gasteiger partial charge in [0.15, 0.2) is 5.78 Å². The summed E-state index contributed by atoms with van der Waals surface area (Å²) in [5, 5.41) is 32.6. The highest BCUT2D eigenvalue weighted by atomic mass is 16.7. The number of benzene rings is 2. The summed E-state index contributed by atoms with van der Waals surface area (Å²) >= 11 is 0. The van der Waals surface area contributed by atoms with E-state index in [0.29, 0.717) is 0 Å². The normalized spacial score (nSPS) is 22.7. The van der Waals surface area contributed by atoms with Crippen molar-refractivity contribution in [2.75, 3.05) is 27.4 Å². The predicted molar refractivity (Wildman–Crippen MR) is 142 cm³/mol. The maximum Gasteiger partial charge on any atom is 0.508 e. The zero-order valence-electron chi connectivity index (χ0n) is 21.9. The molecular weight excluding hydrogens is 524 g/mol. The molecule has 0 amide bonds. The molecule has 40 heavy (non-hydrogen) atoms. The first-order valence-electron chi connectivity index (χ1n) is 12.3. The molecule has 11 heteroatoms. The van der Waals surface area contributed by atoms with Gasteiger partial charge in [-0.25, -0.2) is 4.79 Å². The minimum atomic E-state index is -1.66. The maximum atomic E-state index is 13.4. The number of rotatable bonds is 10. The average molecular weight is 555 g/mol. The highest BCUT2D eigenvalue weighted by molar-refractivity contribution is 6.09. The Morgan fingerprint density at radius 2 is 1.82 bits per heavy atom. The Morgan fingerprint density at radius 3 is 2.55 bits per heavy atom. The Labute approximate surface area is 229 Å². The minimum absolute atomic E-state index is 0.101. The van der Waals surface area contributed by atoms with E-state index in [-0.39, 0.29) is 29.2 Å². The Balaban J connectivity index is 1.69. The Kier molecular flexibility index (Phi) is 9.22. The lowest BCUT2D eigenvalue weighted by Crippen LogP contribution is -2.55. The second kappa shape index (κ2) is 12.8. The largest absolute Gasteiger partial charge is 0.508 e. The molecule has 0 radical (unpaired) electrons. The van der Waals surface area contributed by atoms with Gasteiger partial charge in [0.1, 0.15) is 60.8 Å². The molecule has 1 fully saturated rings. The molecule has 212 valence electrons. The van der Waals surface area contributed by atoms with Crippen LogP contribution in [0.5, 0.6) is 11.5 Å². The van der Waals surface area contributed by atoms with Crippen LogP contribution in [0.1, 0.15) is 27.6 Å². The zero-order valence-corrected chi connectivity index (χ0v) is 21.9. The average Bonchev–Trinajstić information content (AvgIpc) is 3.44. The van der Waals surface area contributed by atoms with Gasteiger partial charge in [-0.2, -0.15) is 0 Å². The summed E-state index contributed by atoms with van der Waals surface area (Å²) in [6.45, 7) is 3.27. The van der Waals surface area contributed by atoms with Crippen LogP contribution in [0.2, 0.25) is 0 Å². The van der Waals surface area contributed by atoms with Crippen LogP contribution in [-0.4, -0.2) is 79.1 Å². The van der Waals surface area contributed by atoms with E-state index in [1.165, 1.54) is 31.4 Å². The van der Waals surface area contributed by atoms with Crippen LogP contribution in [0.15, 0.2) is 65.8 Å². The van der Waals surface area contributed by atoms with Gasteiger partial charge in [-0.3, -0.25) is 4.79 Å². The Hall–Kier alpha value is -4.16. The molecule has 0 saturated carbocycles. The second-order valence-electron chi connectivity index (χ2n) is 8.94. The molecule has 2 aromatic carbocycles. The summed E-state index contributed by atoms with van der Waals surface area (Å²) in [5.41, 5.74) is 1.81. The molecule has 11 nitrogen and oxygen atoms in total. The number of carbonyl (C=O) groups is 2. The van der Waals surface area contributed by atoms with Gasteiger partial charge in [-0.1, -0.05) is 24.8 Å². The quantitative estimate of drug-likeness (QED) is 0.146. The van der Waals surface area contributed by atoms with E-state index >= 15 is 0 Å². The van der Waals surface area contributed by atoms with Crippen LogP contribution in [0.3, 0.4) is 0 Å². The number of furan rings is 1. The molecule has 0 spiro atoms. The highest BCUT2D eigenvalue weighted by Crippen LogP contribution is 2.40. The molecule has 5 atom stereocenters. The van der Waals surface area contributed by atoms with E-state index < -0.39 is 49.1 Å². The predicted octanol–water partition coefficient (Wildman–Crippen LogP) is 3.21. The van der Waals surface area contributed by atoms with Gasteiger partial charge in [0.25, 0.3) is 0 Å². The molecule has 1 saturated heterocycles. The van der Waals surface area contributed by atoms with Crippen LogP contribution < -0.4 is 9.47 Å². The number of ketones is 1. The lowest BCUT2D eigenvalue weighted by molar-refractivity contribution is -0.232. The molecule has 0 unspecified atom stereocenters. The van der Waals surface area contributed by atoms with Crippen molar-refractivity contribution in [1.29, 1.82) is 0 Å². The van der Waals surface area contributed by atoms with Crippen molar-refractivity contribution in [3.05, 3.63) is 78.1 Å². The first-order valence-corrected chi connectivity index (χ1v) is 12.3. The van der Waals surface area contributed by atoms with Crippen LogP contribution in [0.25, 0.3) is 17.0 Å². The van der Waals surface area contributed by atoms with Crippen molar-refractivity contribution in [3.8, 4) is 11.5 Å². The number of methoxy groups -OCH3 is 2. The number of hydrogen-bond acceptors (Lipinski definition) is 11. The van der Waals surface area contributed by atoms with E-state index in [1.807, 2.05) is 12.1 Å². The van der Waals surface area contributed by atoms with Gasteiger partial charge in [0.05, 0.1) is 26.0 Å². The smallest absolute Gasteiger partial charge is 0.496 e. The summed E-state index contributed by atoms with van der Waals surface area (Å²) in [6, 6.07) is 10.2. The van der Waals surface area contributed by atoms with Gasteiger partial charge in [0, 0.05) is 17.0 Å². The van der Waals surface area contributed by atoms with E-state index in [2.05, 4.69) is 11.3 Å². The fraction of sp³-hybridized carbons (Fsp3) is 0.310. The SMILES string of the molecule is C=CCOc1cc(OC)c([C@@H]2O[C@H](COC(=O)OC)[C@@H](O)[C@H](O)[C@H]2O)cc1C(=O)C=Cc1ccc2occc2c1. The topological polar surface area (TPSA) is 154 Å². The van der Waals surface area contributed by atoms with Crippen molar-refractivity contribution >= 4 is 29.0 Å². The summed E-state index contributed by atoms with van der Waals surface area (Å²) in [4.78, 5) is 24.8. The van der Waals surface area contributed by atoms with Crippen LogP contribution in [-0.2, 0) is 14.2 Å². The van der Waals surface area contributed by atoms with E-state index in [0.717, 1.165) is 23.6 Å². The molecule has 1 aliphatic rings. The number of ether oxygens (including phenoxy) is 5. The fourth-order valence-electron chi connectivity index (χ4n) is 4.34. The van der Waals surface area contributed by atoms with Crippen LogP contribution in [0.4, 0.5) is 4.79 Å². The molecule has 0 bridgehead atoms. The molecule has 3 N–H and O–H groups in total. The highest BCUT2D eigenvalue weighted by Gasteiger charge is 2.46. The van der Waals surface area contributed by atoms with Crippen molar-refractivity contribution in [2.24, 2.45) is 0 Å². The van der Waals surface area contributed by atoms with E-state index in [4.69, 9.17) is 23.4 Å². The third-order valence-corrected chi connectivity index (χ3v) is 6.41. The molecule has 4 rings (SSSR count). The number of aliphatic hydroxyl groups is 3. The summed E-state index contributed by atoms with van der Waals surface area (Å²) in [6.07, 6.45) is -2.25. The first-order chi connectivity index (χ1) is 19.3. The number of aliphatic hydroxyl groups excluding tert-OH is 3. The molecular formula is C29H30O11. The summed E-state index contributed by atoms with van der Waals surface area (Å²) < 4.78 is 31.7. The molecule has 0 aliphatic carbocycles. The van der Waals surface area contributed by atoms with E-state index in [1.54, 1.807) is 24.5 Å². The number of allylic oxidation sites excluding steroid dienone is 1. The van der Waals surface area contributed by atoms with Crippen molar-refractivity contribution in [2.45, 2.75) is 30.5 Å². The van der Waals surface area contributed by atoms with Crippen molar-refractivity contribution in [1.82, 2.24) is 0 Å². The second-order valence-corrected chi connectivity index (χ2v) is 8.94. The van der Waals surface area contributed by atoms with Gasteiger partial charge >= 0.3 is 6.16 Å². The molecule has 3 aromatic rings. The lowest BCUT2D eigenvalue weighted by atomic mass is 9.89. The maximum absolute atomic E-state index is 13.4. The summed E-state index contributed by atoms with van der Waals surface area (Å²) in [7, 11) is 2.49. The Bertz CT molecular complexity index is 1390. The Morgan fingerprint density at radius 1 is 1.02 bits per heavy atom. The molecule has 1 aliphatic heterocycles. The third-order valence-electron chi connectivity index (χ3n) is 6.41. The monoisotopic (exact) mass is 554 g/mol. The third kappa shape index (κ3) is 6.18. The zero-order chi connectivity index (χ0) is 28.8. The van der Waals surface area contributed by atoms with Crippen molar-refractivity contribution < 1.29 is 53.0 Å². The van der Waals surface area contributed by atoms with Gasteiger partial charge in [-0.15, -0.1) is 0 Å². The van der Waals surface area contributed by atoms with Crippen molar-refractivity contribution in [3.63, 3.8) is 0 Å². The molecule has 1 aromatic heterocycles. The number of fused-ring (bicyclic) bond motifs is 1. The lowest BCUT2D eigenvalue weighted by Gasteiger charge is -2.40. The summed E-state index contributed by atoms with van der Waals surface area (Å²) in [5.74, 6) is -0.0473. The van der Waals surface area contributed by atoms with Gasteiger partial charge in [-0.05, 0) is 35.9 Å². The minimum Gasteiger partial charge on any atom is -0.496 e. The standard InChI is InChI=1S/C29H30O11/c1-4-10-37-23-14-22(35-2)19(28-27(33)26(32)25(31)24(40-28)15-39-29(34)36-3)13-18(23)20(30)7-5-16-6-8-21-17(12-16)9-11-38-21/h4-9,11-14,24-28,31-33H,1,10,15H2,2-3H3/t24-,25-,26+,27-,28+/m1/s1. The number of hydrogen-bond donors (Lipinski definition) is 3. The van der Waals surface area contributed by atoms with E-state index in [9.17, 15) is 24.9 Å². The van der Waals surface area contributed by atoms with Crippen LogP contribution >= 0.6 is 0 Å². The number of carbonyl (C=O) groups excluding carboxylic acids is 2. The fourth-order valence-corrected chi connectivity index (χ4v) is 4.34. The van der Waals surface area contributed by atoms with Gasteiger partial charge in [0.2, 0.25) is 0 Å². The first kappa shape index (κ1) is 28.8. The van der Waals surface area contributed by atoms with Crippen LogP contribution in [0, 0.1) is 0 Å². The van der Waals surface area contributed by atoms with Gasteiger partial charge < -0.3 is 43.4 Å².